The van der Waals surface area contributed by atoms with Crippen LogP contribution in [0.15, 0.2) is 33.2 Å². The standard InChI is InChI=1S/C18H23IN4O2/c1-10(2)25-15-7-12(19)4-5-14(15)23-18-17-16(20-9-21-18)11(3)6-13(8-24)22-17/h4-5,7,9-11,16-17,24H,6,8H2,1-3H3,(H,20,21,23)/t11-,16?,17?/m1/s1. The molecule has 3 rings (SSSR count). The number of fused-ring (bicyclic) bond motifs is 1. The lowest BCUT2D eigenvalue weighted by atomic mass is 9.86. The molecule has 2 aliphatic heterocycles. The topological polar surface area (TPSA) is 78.6 Å². The highest BCUT2D eigenvalue weighted by atomic mass is 127. The largest absolute Gasteiger partial charge is 0.489 e. The molecule has 0 saturated carbocycles. The average Bonchev–Trinajstić information content (AvgIpc) is 2.57. The number of anilines is 1. The van der Waals surface area contributed by atoms with Gasteiger partial charge in [-0.15, -0.1) is 0 Å². The fourth-order valence-corrected chi connectivity index (χ4v) is 3.59. The third kappa shape index (κ3) is 4.20. The van der Waals surface area contributed by atoms with E-state index in [1.807, 2.05) is 32.0 Å². The van der Waals surface area contributed by atoms with E-state index >= 15 is 0 Å². The maximum atomic E-state index is 9.50. The van der Waals surface area contributed by atoms with Crippen molar-refractivity contribution in [3.8, 4) is 5.75 Å². The van der Waals surface area contributed by atoms with E-state index in [-0.39, 0.29) is 24.8 Å². The first kappa shape index (κ1) is 18.3. The predicted octanol–water partition coefficient (Wildman–Crippen LogP) is 3.14. The number of aliphatic hydroxyl groups excluding tert-OH is 1. The van der Waals surface area contributed by atoms with Gasteiger partial charge in [0.05, 0.1) is 24.4 Å². The first-order valence-electron chi connectivity index (χ1n) is 8.47. The van der Waals surface area contributed by atoms with E-state index in [2.05, 4.69) is 49.8 Å². The van der Waals surface area contributed by atoms with Gasteiger partial charge in [-0.05, 0) is 67.0 Å². The number of ether oxygens (including phenoxy) is 1. The van der Waals surface area contributed by atoms with Crippen LogP contribution in [0.25, 0.3) is 0 Å². The number of rotatable bonds is 4. The molecule has 2 unspecified atom stereocenters. The van der Waals surface area contributed by atoms with E-state index in [0.29, 0.717) is 5.92 Å². The summed E-state index contributed by atoms with van der Waals surface area (Å²) in [5, 5.41) is 12.9. The molecule has 1 aromatic rings. The minimum absolute atomic E-state index is 0.0181. The van der Waals surface area contributed by atoms with Crippen molar-refractivity contribution in [2.45, 2.75) is 45.4 Å². The predicted molar refractivity (Wildman–Crippen MR) is 110 cm³/mol. The van der Waals surface area contributed by atoms with Gasteiger partial charge in [0.25, 0.3) is 0 Å². The smallest absolute Gasteiger partial charge is 0.144 e. The first-order valence-corrected chi connectivity index (χ1v) is 9.54. The summed E-state index contributed by atoms with van der Waals surface area (Å²) in [7, 11) is 0. The van der Waals surface area contributed by atoms with Crippen molar-refractivity contribution >= 4 is 46.2 Å². The van der Waals surface area contributed by atoms with Crippen LogP contribution < -0.4 is 10.1 Å². The summed E-state index contributed by atoms with van der Waals surface area (Å²) in [6, 6.07) is 5.88. The van der Waals surface area contributed by atoms with Crippen LogP contribution in [0.4, 0.5) is 5.69 Å². The van der Waals surface area contributed by atoms with E-state index in [4.69, 9.17) is 4.74 Å². The number of benzene rings is 1. The molecule has 3 atom stereocenters. The number of aliphatic hydroxyl groups is 1. The van der Waals surface area contributed by atoms with Gasteiger partial charge in [-0.3, -0.25) is 9.98 Å². The normalized spacial score (nSPS) is 25.3. The summed E-state index contributed by atoms with van der Waals surface area (Å²) in [4.78, 5) is 13.6. The zero-order valence-corrected chi connectivity index (χ0v) is 16.8. The van der Waals surface area contributed by atoms with Crippen LogP contribution in [0, 0.1) is 9.49 Å². The van der Waals surface area contributed by atoms with Crippen molar-refractivity contribution in [2.75, 3.05) is 11.9 Å². The van der Waals surface area contributed by atoms with Crippen molar-refractivity contribution in [1.82, 2.24) is 0 Å². The van der Waals surface area contributed by atoms with E-state index < -0.39 is 0 Å². The highest BCUT2D eigenvalue weighted by Crippen LogP contribution is 2.31. The summed E-state index contributed by atoms with van der Waals surface area (Å²) in [5.74, 6) is 1.85. The van der Waals surface area contributed by atoms with Gasteiger partial charge in [0, 0.05) is 9.28 Å². The zero-order valence-electron chi connectivity index (χ0n) is 14.6. The van der Waals surface area contributed by atoms with E-state index in [9.17, 15) is 5.11 Å². The molecule has 0 fully saturated rings. The fraction of sp³-hybridized carbons (Fsp3) is 0.500. The molecular formula is C18H23IN4O2. The minimum atomic E-state index is -0.193. The quantitative estimate of drug-likeness (QED) is 0.687. The van der Waals surface area contributed by atoms with Crippen LogP contribution in [-0.2, 0) is 0 Å². The zero-order chi connectivity index (χ0) is 18.0. The van der Waals surface area contributed by atoms with Gasteiger partial charge in [-0.25, -0.2) is 4.99 Å². The lowest BCUT2D eigenvalue weighted by molar-refractivity contribution is 0.243. The molecule has 7 heteroatoms. The highest BCUT2D eigenvalue weighted by Gasteiger charge is 2.36. The summed E-state index contributed by atoms with van der Waals surface area (Å²) < 4.78 is 7.04. The molecule has 0 amide bonds. The fourth-order valence-electron chi connectivity index (χ4n) is 3.13. The van der Waals surface area contributed by atoms with Crippen molar-refractivity contribution in [3.63, 3.8) is 0 Å². The molecule has 0 saturated heterocycles. The molecule has 1 aromatic carbocycles. The Balaban J connectivity index is 1.90. The number of hydrogen-bond acceptors (Lipinski definition) is 6. The molecule has 25 heavy (non-hydrogen) atoms. The Morgan fingerprint density at radius 1 is 1.40 bits per heavy atom. The van der Waals surface area contributed by atoms with Gasteiger partial charge in [0.2, 0.25) is 0 Å². The second-order valence-corrected chi connectivity index (χ2v) is 7.93. The van der Waals surface area contributed by atoms with Gasteiger partial charge in [-0.2, -0.15) is 0 Å². The van der Waals surface area contributed by atoms with Crippen LogP contribution >= 0.6 is 22.6 Å². The first-order chi connectivity index (χ1) is 12.0. The van der Waals surface area contributed by atoms with E-state index in [1.165, 1.54) is 0 Å². The molecule has 0 aromatic heterocycles. The number of amidine groups is 1. The molecular weight excluding hydrogens is 431 g/mol. The number of hydrogen-bond donors (Lipinski definition) is 2. The molecule has 0 radical (unpaired) electrons. The van der Waals surface area contributed by atoms with Gasteiger partial charge in [0.1, 0.15) is 24.0 Å². The van der Waals surface area contributed by atoms with Crippen molar-refractivity contribution in [1.29, 1.82) is 0 Å². The Morgan fingerprint density at radius 2 is 2.20 bits per heavy atom. The number of nitrogens with zero attached hydrogens (tertiary/aromatic N) is 3. The lowest BCUT2D eigenvalue weighted by Gasteiger charge is -2.34. The molecule has 0 bridgehead atoms. The van der Waals surface area contributed by atoms with E-state index in [0.717, 1.165) is 33.0 Å². The van der Waals surface area contributed by atoms with Gasteiger partial charge < -0.3 is 15.2 Å². The Kier molecular flexibility index (Phi) is 5.73. The monoisotopic (exact) mass is 454 g/mol. The Labute approximate surface area is 161 Å². The molecule has 0 spiro atoms. The van der Waals surface area contributed by atoms with Gasteiger partial charge in [-0.1, -0.05) is 6.92 Å². The summed E-state index contributed by atoms with van der Waals surface area (Å²) >= 11 is 2.27. The number of aliphatic imine (C=N–C) groups is 3. The minimum Gasteiger partial charge on any atom is -0.489 e. The Morgan fingerprint density at radius 3 is 2.92 bits per heavy atom. The second kappa shape index (κ2) is 7.82. The molecule has 0 aliphatic carbocycles. The van der Waals surface area contributed by atoms with Crippen LogP contribution in [0.2, 0.25) is 0 Å². The summed E-state index contributed by atoms with van der Waals surface area (Å²) in [6.07, 6.45) is 2.46. The molecule has 2 N–H and O–H groups in total. The molecule has 6 nitrogen and oxygen atoms in total. The maximum absolute atomic E-state index is 9.50. The third-order valence-electron chi connectivity index (χ3n) is 4.25. The van der Waals surface area contributed by atoms with Gasteiger partial charge >= 0.3 is 0 Å². The average molecular weight is 454 g/mol. The van der Waals surface area contributed by atoms with E-state index in [1.54, 1.807) is 6.34 Å². The van der Waals surface area contributed by atoms with Crippen molar-refractivity contribution in [3.05, 3.63) is 21.8 Å². The van der Waals surface area contributed by atoms with Crippen LogP contribution in [0.5, 0.6) is 5.75 Å². The van der Waals surface area contributed by atoms with Crippen LogP contribution in [0.3, 0.4) is 0 Å². The van der Waals surface area contributed by atoms with Gasteiger partial charge in [0.15, 0.2) is 0 Å². The van der Waals surface area contributed by atoms with Crippen LogP contribution in [0.1, 0.15) is 27.2 Å². The third-order valence-corrected chi connectivity index (χ3v) is 4.92. The lowest BCUT2D eigenvalue weighted by Crippen LogP contribution is -2.46. The Hall–Kier alpha value is -1.48. The SMILES string of the molecule is CC(C)Oc1cc(I)ccc1NC1=NC=NC2C1N=C(CO)C[C@H]2C. The highest BCUT2D eigenvalue weighted by molar-refractivity contribution is 14.1. The Bertz CT molecular complexity index is 730. The molecule has 2 aliphatic rings. The second-order valence-electron chi connectivity index (χ2n) is 6.68. The number of halogens is 1. The summed E-state index contributed by atoms with van der Waals surface area (Å²) in [6.45, 7) is 6.13. The molecule has 134 valence electrons. The van der Waals surface area contributed by atoms with Crippen molar-refractivity contribution in [2.24, 2.45) is 20.9 Å². The number of nitrogens with one attached hydrogen (secondary N) is 1. The van der Waals surface area contributed by atoms with Crippen molar-refractivity contribution < 1.29 is 9.84 Å². The van der Waals surface area contributed by atoms with Crippen LogP contribution in [-0.4, -0.2) is 47.8 Å². The maximum Gasteiger partial charge on any atom is 0.144 e. The molecule has 2 heterocycles. The summed E-state index contributed by atoms with van der Waals surface area (Å²) in [5.41, 5.74) is 1.67.